The zero-order valence-corrected chi connectivity index (χ0v) is 9.95. The van der Waals surface area contributed by atoms with E-state index in [9.17, 15) is 4.79 Å². The maximum Gasteiger partial charge on any atom is 0.224 e. The lowest BCUT2D eigenvalue weighted by Crippen LogP contribution is -2.41. The second-order valence-electron chi connectivity index (χ2n) is 4.63. The summed E-state index contributed by atoms with van der Waals surface area (Å²) in [6.07, 6.45) is 6.93. The molecule has 2 unspecified atom stereocenters. The molecule has 0 spiro atoms. The van der Waals surface area contributed by atoms with Crippen molar-refractivity contribution in [2.24, 2.45) is 11.7 Å². The van der Waals surface area contributed by atoms with E-state index in [4.69, 9.17) is 10.8 Å². The van der Waals surface area contributed by atoms with Crippen LogP contribution < -0.4 is 11.1 Å². The molecule has 0 radical (unpaired) electrons. The van der Waals surface area contributed by atoms with Crippen LogP contribution >= 0.6 is 0 Å². The molecule has 1 amide bonds. The van der Waals surface area contributed by atoms with Gasteiger partial charge in [0.25, 0.3) is 0 Å². The van der Waals surface area contributed by atoms with E-state index in [1.807, 2.05) is 0 Å². The van der Waals surface area contributed by atoms with Gasteiger partial charge < -0.3 is 16.2 Å². The third-order valence-corrected chi connectivity index (χ3v) is 3.29. The molecule has 1 rings (SSSR count). The molecule has 0 saturated heterocycles. The van der Waals surface area contributed by atoms with Crippen molar-refractivity contribution in [1.82, 2.24) is 5.32 Å². The molecule has 16 heavy (non-hydrogen) atoms. The first kappa shape index (κ1) is 13.5. The zero-order chi connectivity index (χ0) is 11.8. The van der Waals surface area contributed by atoms with Gasteiger partial charge in [0.05, 0.1) is 5.92 Å². The normalized spacial score (nSPS) is 26.1. The van der Waals surface area contributed by atoms with Crippen LogP contribution in [0.4, 0.5) is 0 Å². The number of hydrogen-bond donors (Lipinski definition) is 3. The minimum absolute atomic E-state index is 0.00312. The molecule has 1 saturated carbocycles. The summed E-state index contributed by atoms with van der Waals surface area (Å²) in [6.45, 7) is 0.849. The molecular formula is C12H24N2O2. The highest BCUT2D eigenvalue weighted by molar-refractivity contribution is 5.79. The monoisotopic (exact) mass is 228 g/mol. The van der Waals surface area contributed by atoms with Crippen molar-refractivity contribution >= 4 is 5.91 Å². The van der Waals surface area contributed by atoms with E-state index < -0.39 is 0 Å². The number of aliphatic hydroxyl groups is 1. The number of hydrogen-bond acceptors (Lipinski definition) is 3. The van der Waals surface area contributed by atoms with E-state index in [2.05, 4.69) is 5.32 Å². The Morgan fingerprint density at radius 3 is 2.75 bits per heavy atom. The number of rotatable bonds is 5. The molecule has 4 heteroatoms. The lowest BCUT2D eigenvalue weighted by atomic mass is 9.94. The first-order chi connectivity index (χ1) is 7.75. The second-order valence-corrected chi connectivity index (χ2v) is 4.63. The van der Waals surface area contributed by atoms with E-state index in [0.29, 0.717) is 6.54 Å². The van der Waals surface area contributed by atoms with Crippen LogP contribution in [0.15, 0.2) is 0 Å². The molecule has 0 heterocycles. The Bertz CT molecular complexity index is 209. The topological polar surface area (TPSA) is 75.4 Å². The number of nitrogens with one attached hydrogen (secondary N) is 1. The Labute approximate surface area is 97.6 Å². The summed E-state index contributed by atoms with van der Waals surface area (Å²) in [5.74, 6) is 0.101. The molecule has 1 fully saturated rings. The molecule has 1 aliphatic carbocycles. The zero-order valence-electron chi connectivity index (χ0n) is 9.95. The van der Waals surface area contributed by atoms with Gasteiger partial charge in [0.2, 0.25) is 5.91 Å². The first-order valence-corrected chi connectivity index (χ1v) is 6.40. The Morgan fingerprint density at radius 1 is 1.25 bits per heavy atom. The fourth-order valence-electron chi connectivity index (χ4n) is 2.24. The smallest absolute Gasteiger partial charge is 0.224 e. The van der Waals surface area contributed by atoms with Crippen molar-refractivity contribution in [1.29, 1.82) is 0 Å². The highest BCUT2D eigenvalue weighted by Crippen LogP contribution is 2.22. The van der Waals surface area contributed by atoms with Crippen molar-refractivity contribution in [3.8, 4) is 0 Å². The largest absolute Gasteiger partial charge is 0.396 e. The number of amides is 1. The molecule has 0 aromatic heterocycles. The number of unbranched alkanes of at least 4 members (excludes halogenated alkanes) is 1. The standard InChI is InChI=1S/C12H24N2O2/c13-11-7-3-1-2-6-10(11)12(16)14-8-4-5-9-15/h10-11,15H,1-9,13H2,(H,14,16). The molecule has 4 N–H and O–H groups in total. The Hall–Kier alpha value is -0.610. The van der Waals surface area contributed by atoms with Crippen molar-refractivity contribution in [2.45, 2.75) is 51.0 Å². The van der Waals surface area contributed by atoms with Crippen LogP contribution in [0, 0.1) is 5.92 Å². The maximum absolute atomic E-state index is 11.9. The van der Waals surface area contributed by atoms with Crippen LogP contribution in [0.1, 0.15) is 44.9 Å². The third kappa shape index (κ3) is 4.49. The number of carbonyl (C=O) groups is 1. The van der Waals surface area contributed by atoms with Crippen LogP contribution in [0.3, 0.4) is 0 Å². The SMILES string of the molecule is NC1CCCCCC1C(=O)NCCCCO. The molecule has 0 aromatic carbocycles. The van der Waals surface area contributed by atoms with Gasteiger partial charge in [-0.3, -0.25) is 4.79 Å². The van der Waals surface area contributed by atoms with Gasteiger partial charge in [0, 0.05) is 19.2 Å². The highest BCUT2D eigenvalue weighted by atomic mass is 16.2. The van der Waals surface area contributed by atoms with Crippen molar-refractivity contribution in [3.05, 3.63) is 0 Å². The number of aliphatic hydroxyl groups excluding tert-OH is 1. The van der Waals surface area contributed by atoms with Crippen LogP contribution in [0.5, 0.6) is 0 Å². The lowest BCUT2D eigenvalue weighted by molar-refractivity contribution is -0.125. The highest BCUT2D eigenvalue weighted by Gasteiger charge is 2.26. The van der Waals surface area contributed by atoms with E-state index in [1.54, 1.807) is 0 Å². The number of carbonyl (C=O) groups excluding carboxylic acids is 1. The molecule has 0 aromatic rings. The second kappa shape index (κ2) is 7.63. The molecule has 94 valence electrons. The van der Waals surface area contributed by atoms with Crippen LogP contribution in [-0.4, -0.2) is 30.2 Å². The molecule has 0 bridgehead atoms. The summed E-state index contributed by atoms with van der Waals surface area (Å²) in [5, 5.41) is 11.5. The predicted octanol–water partition coefficient (Wildman–Crippen LogP) is 0.783. The summed E-state index contributed by atoms with van der Waals surface area (Å²) in [6, 6.07) is 0.0281. The number of nitrogens with two attached hydrogens (primary N) is 1. The minimum atomic E-state index is -0.00312. The average molecular weight is 228 g/mol. The molecule has 1 aliphatic rings. The van der Waals surface area contributed by atoms with E-state index in [0.717, 1.165) is 38.5 Å². The van der Waals surface area contributed by atoms with Gasteiger partial charge in [-0.1, -0.05) is 19.3 Å². The van der Waals surface area contributed by atoms with Crippen molar-refractivity contribution in [2.75, 3.05) is 13.2 Å². The minimum Gasteiger partial charge on any atom is -0.396 e. The van der Waals surface area contributed by atoms with Gasteiger partial charge in [-0.2, -0.15) is 0 Å². The first-order valence-electron chi connectivity index (χ1n) is 6.40. The molecule has 0 aliphatic heterocycles. The predicted molar refractivity (Wildman–Crippen MR) is 63.9 cm³/mol. The maximum atomic E-state index is 11.9. The molecule has 2 atom stereocenters. The Kier molecular flexibility index (Phi) is 6.42. The third-order valence-electron chi connectivity index (χ3n) is 3.29. The molecule has 4 nitrogen and oxygen atoms in total. The average Bonchev–Trinajstić information content (AvgIpc) is 2.49. The quantitative estimate of drug-likeness (QED) is 0.481. The van der Waals surface area contributed by atoms with Gasteiger partial charge in [-0.15, -0.1) is 0 Å². The van der Waals surface area contributed by atoms with Crippen LogP contribution in [0.2, 0.25) is 0 Å². The summed E-state index contributed by atoms with van der Waals surface area (Å²) in [4.78, 5) is 11.9. The lowest BCUT2D eigenvalue weighted by Gasteiger charge is -2.20. The summed E-state index contributed by atoms with van der Waals surface area (Å²) >= 11 is 0. The summed E-state index contributed by atoms with van der Waals surface area (Å²) in [5.41, 5.74) is 6.01. The Morgan fingerprint density at radius 2 is 2.00 bits per heavy atom. The fraction of sp³-hybridized carbons (Fsp3) is 0.917. The molecular weight excluding hydrogens is 204 g/mol. The van der Waals surface area contributed by atoms with Gasteiger partial charge in [-0.25, -0.2) is 0 Å². The van der Waals surface area contributed by atoms with E-state index >= 15 is 0 Å². The van der Waals surface area contributed by atoms with Gasteiger partial charge >= 0.3 is 0 Å². The van der Waals surface area contributed by atoms with Crippen LogP contribution in [0.25, 0.3) is 0 Å². The van der Waals surface area contributed by atoms with E-state index in [1.165, 1.54) is 6.42 Å². The van der Waals surface area contributed by atoms with Gasteiger partial charge in [0.15, 0.2) is 0 Å². The van der Waals surface area contributed by atoms with Gasteiger partial charge in [-0.05, 0) is 25.7 Å². The van der Waals surface area contributed by atoms with E-state index in [-0.39, 0.29) is 24.5 Å². The fourth-order valence-corrected chi connectivity index (χ4v) is 2.24. The summed E-state index contributed by atoms with van der Waals surface area (Å²) < 4.78 is 0. The van der Waals surface area contributed by atoms with Crippen molar-refractivity contribution in [3.63, 3.8) is 0 Å². The summed E-state index contributed by atoms with van der Waals surface area (Å²) in [7, 11) is 0. The van der Waals surface area contributed by atoms with Crippen molar-refractivity contribution < 1.29 is 9.90 Å². The van der Waals surface area contributed by atoms with Crippen LogP contribution in [-0.2, 0) is 4.79 Å². The Balaban J connectivity index is 2.27. The van der Waals surface area contributed by atoms with Gasteiger partial charge in [0.1, 0.15) is 0 Å².